The van der Waals surface area contributed by atoms with Gasteiger partial charge in [0.25, 0.3) is 6.01 Å². The zero-order chi connectivity index (χ0) is 25.4. The first-order valence-electron chi connectivity index (χ1n) is 11.1. The Labute approximate surface area is 211 Å². The number of halogens is 1. The van der Waals surface area contributed by atoms with Gasteiger partial charge in [-0.1, -0.05) is 35.9 Å². The second-order valence-corrected chi connectivity index (χ2v) is 11.0. The maximum Gasteiger partial charge on any atom is 0.296 e. The van der Waals surface area contributed by atoms with Crippen LogP contribution in [0.15, 0.2) is 53.6 Å². The van der Waals surface area contributed by atoms with E-state index >= 15 is 0 Å². The first-order chi connectivity index (χ1) is 17.2. The molecule has 1 aromatic carbocycles. The Morgan fingerprint density at radius 1 is 1.17 bits per heavy atom. The second-order valence-electron chi connectivity index (χ2n) is 8.56. The van der Waals surface area contributed by atoms with Crippen molar-refractivity contribution in [1.29, 1.82) is 0 Å². The minimum absolute atomic E-state index is 0.163. The van der Waals surface area contributed by atoms with Crippen LogP contribution in [0.3, 0.4) is 0 Å². The van der Waals surface area contributed by atoms with Crippen LogP contribution in [0.1, 0.15) is 6.42 Å². The molecule has 1 aliphatic heterocycles. The molecular formula is C24H23ClN4O6S. The number of benzene rings is 1. The molecule has 0 aliphatic carbocycles. The molecule has 0 amide bonds. The highest BCUT2D eigenvalue weighted by molar-refractivity contribution is 7.90. The molecule has 3 atom stereocenters. The van der Waals surface area contributed by atoms with Gasteiger partial charge in [-0.2, -0.15) is 4.98 Å². The summed E-state index contributed by atoms with van der Waals surface area (Å²) in [6.07, 6.45) is 0.923. The van der Waals surface area contributed by atoms with Crippen molar-refractivity contribution in [3.63, 3.8) is 0 Å². The van der Waals surface area contributed by atoms with Gasteiger partial charge in [-0.05, 0) is 18.2 Å². The summed E-state index contributed by atoms with van der Waals surface area (Å²) in [5.74, 6) is 0. The Hall–Kier alpha value is -3.09. The van der Waals surface area contributed by atoms with Crippen molar-refractivity contribution in [2.75, 3.05) is 19.5 Å². The lowest BCUT2D eigenvalue weighted by Crippen LogP contribution is -2.45. The highest BCUT2D eigenvalue weighted by atomic mass is 35.5. The van der Waals surface area contributed by atoms with Crippen molar-refractivity contribution in [2.24, 2.45) is 0 Å². The molecule has 3 aromatic heterocycles. The highest BCUT2D eigenvalue weighted by Crippen LogP contribution is 2.31. The molecule has 1 unspecified atom stereocenters. The fourth-order valence-corrected chi connectivity index (χ4v) is 4.79. The van der Waals surface area contributed by atoms with E-state index in [1.54, 1.807) is 12.1 Å². The molecule has 4 aromatic rings. The predicted octanol–water partition coefficient (Wildman–Crippen LogP) is 2.63. The summed E-state index contributed by atoms with van der Waals surface area (Å²) < 4.78 is 34.5. The minimum atomic E-state index is -3.31. The lowest BCUT2D eigenvalue weighted by atomic mass is 10.0. The van der Waals surface area contributed by atoms with Gasteiger partial charge in [0, 0.05) is 30.0 Å². The number of nitrogens with one attached hydrogen (secondary N) is 1. The zero-order valence-corrected chi connectivity index (χ0v) is 20.7. The Balaban J connectivity index is 1.35. The number of rotatable bonds is 6. The normalized spacial score (nSPS) is 20.5. The van der Waals surface area contributed by atoms with Crippen molar-refractivity contribution in [3.05, 3.63) is 53.7 Å². The van der Waals surface area contributed by atoms with Gasteiger partial charge in [0.2, 0.25) is 0 Å². The summed E-state index contributed by atoms with van der Waals surface area (Å²) in [6.45, 7) is -0.0341. The van der Waals surface area contributed by atoms with E-state index in [4.69, 9.17) is 21.1 Å². The van der Waals surface area contributed by atoms with Crippen LogP contribution in [0, 0.1) is 0 Å². The Kier molecular flexibility index (Phi) is 6.66. The van der Waals surface area contributed by atoms with E-state index in [2.05, 4.69) is 19.9 Å². The fraction of sp³-hybridized carbons (Fsp3) is 0.292. The van der Waals surface area contributed by atoms with Crippen molar-refractivity contribution >= 4 is 32.6 Å². The number of aliphatic hydroxyl groups is 2. The van der Waals surface area contributed by atoms with E-state index in [1.807, 2.05) is 24.3 Å². The molecule has 1 aliphatic rings. The Morgan fingerprint density at radius 3 is 2.56 bits per heavy atom. The molecule has 1 fully saturated rings. The van der Waals surface area contributed by atoms with Gasteiger partial charge in [0.05, 0.1) is 46.1 Å². The molecule has 4 heterocycles. The lowest BCUT2D eigenvalue weighted by Gasteiger charge is -2.31. The van der Waals surface area contributed by atoms with E-state index in [-0.39, 0.29) is 24.1 Å². The van der Waals surface area contributed by atoms with Gasteiger partial charge < -0.3 is 24.7 Å². The zero-order valence-electron chi connectivity index (χ0n) is 19.1. The molecule has 1 saturated heterocycles. The standard InChI is InChI=1S/C24H23ClN4O6S/c1-36(32,33)16-6-7-18(26-10-16)13-2-4-14(5-3-13)22-17(25)9-19-23(28-22)29-24(27-19)35-15-8-20(31)21(11-30)34-12-15/h2-7,9-10,15,20-21,30-31H,8,11-12H2,1H3,(H,27,28,29)/t15-,20+,21?/m1/s1. The van der Waals surface area contributed by atoms with Gasteiger partial charge in [-0.25, -0.2) is 13.4 Å². The smallest absolute Gasteiger partial charge is 0.296 e. The summed E-state index contributed by atoms with van der Waals surface area (Å²) in [7, 11) is -3.31. The monoisotopic (exact) mass is 530 g/mol. The fourth-order valence-electron chi connectivity index (χ4n) is 3.97. The number of fused-ring (bicyclic) bond motifs is 1. The van der Waals surface area contributed by atoms with E-state index in [0.717, 1.165) is 17.4 Å². The van der Waals surface area contributed by atoms with Crippen molar-refractivity contribution < 1.29 is 28.1 Å². The van der Waals surface area contributed by atoms with Crippen LogP contribution in [-0.4, -0.2) is 76.3 Å². The van der Waals surface area contributed by atoms with Crippen LogP contribution in [-0.2, 0) is 14.6 Å². The average Bonchev–Trinajstić information content (AvgIpc) is 3.24. The summed E-state index contributed by atoms with van der Waals surface area (Å²) in [5, 5.41) is 19.7. The van der Waals surface area contributed by atoms with Crippen LogP contribution >= 0.6 is 11.6 Å². The van der Waals surface area contributed by atoms with Gasteiger partial charge in [0.15, 0.2) is 15.5 Å². The van der Waals surface area contributed by atoms with Crippen LogP contribution in [0.25, 0.3) is 33.7 Å². The van der Waals surface area contributed by atoms with Crippen molar-refractivity contribution in [3.8, 4) is 28.5 Å². The number of aromatic nitrogens is 4. The molecule has 0 spiro atoms. The number of hydrogen-bond donors (Lipinski definition) is 3. The van der Waals surface area contributed by atoms with E-state index < -0.39 is 28.1 Å². The third-order valence-corrected chi connectivity index (χ3v) is 7.30. The van der Waals surface area contributed by atoms with Crippen molar-refractivity contribution in [1.82, 2.24) is 19.9 Å². The summed E-state index contributed by atoms with van der Waals surface area (Å²) in [5.41, 5.74) is 3.76. The number of aromatic amines is 1. The molecule has 10 nitrogen and oxygen atoms in total. The quantitative estimate of drug-likeness (QED) is 0.342. The third-order valence-electron chi connectivity index (χ3n) is 5.91. The Morgan fingerprint density at radius 2 is 1.92 bits per heavy atom. The van der Waals surface area contributed by atoms with Crippen LogP contribution < -0.4 is 4.74 Å². The van der Waals surface area contributed by atoms with E-state index in [0.29, 0.717) is 34.0 Å². The molecule has 188 valence electrons. The van der Waals surface area contributed by atoms with Crippen LogP contribution in [0.5, 0.6) is 6.01 Å². The number of nitrogens with zero attached hydrogens (tertiary/aromatic N) is 3. The lowest BCUT2D eigenvalue weighted by molar-refractivity contribution is -0.131. The predicted molar refractivity (Wildman–Crippen MR) is 133 cm³/mol. The third kappa shape index (κ3) is 5.06. The number of hydrogen-bond acceptors (Lipinski definition) is 9. The highest BCUT2D eigenvalue weighted by Gasteiger charge is 2.31. The number of pyridine rings is 2. The first kappa shape index (κ1) is 24.6. The van der Waals surface area contributed by atoms with Crippen molar-refractivity contribution in [2.45, 2.75) is 29.6 Å². The number of sulfone groups is 1. The average molecular weight is 531 g/mol. The van der Waals surface area contributed by atoms with Crippen LogP contribution in [0.2, 0.25) is 5.02 Å². The Bertz CT molecular complexity index is 1490. The largest absolute Gasteiger partial charge is 0.459 e. The second kappa shape index (κ2) is 9.75. The SMILES string of the molecule is CS(=O)(=O)c1ccc(-c2ccc(-c3nc4nc(O[C@H]5COC(CO)[C@@H](O)C5)[nH]c4cc3Cl)cc2)nc1. The molecule has 36 heavy (non-hydrogen) atoms. The topological polar surface area (TPSA) is 148 Å². The minimum Gasteiger partial charge on any atom is -0.459 e. The van der Waals surface area contributed by atoms with Gasteiger partial charge in [-0.3, -0.25) is 4.98 Å². The summed E-state index contributed by atoms with van der Waals surface area (Å²) in [4.78, 5) is 16.4. The van der Waals surface area contributed by atoms with Gasteiger partial charge in [-0.15, -0.1) is 0 Å². The maximum atomic E-state index is 11.6. The molecule has 0 radical (unpaired) electrons. The molecule has 0 saturated carbocycles. The maximum absolute atomic E-state index is 11.6. The summed E-state index contributed by atoms with van der Waals surface area (Å²) >= 11 is 6.51. The summed E-state index contributed by atoms with van der Waals surface area (Å²) in [6, 6.07) is 12.5. The first-order valence-corrected chi connectivity index (χ1v) is 13.4. The molecule has 12 heteroatoms. The number of aliphatic hydroxyl groups excluding tert-OH is 2. The molecule has 0 bridgehead atoms. The number of H-pyrrole nitrogens is 1. The molecule has 3 N–H and O–H groups in total. The van der Waals surface area contributed by atoms with Gasteiger partial charge >= 0.3 is 0 Å². The molecular weight excluding hydrogens is 508 g/mol. The number of ether oxygens (including phenoxy) is 2. The molecule has 5 rings (SSSR count). The van der Waals surface area contributed by atoms with E-state index in [9.17, 15) is 18.6 Å². The van der Waals surface area contributed by atoms with Crippen LogP contribution in [0.4, 0.5) is 0 Å². The van der Waals surface area contributed by atoms with Gasteiger partial charge in [0.1, 0.15) is 12.2 Å². The number of imidazole rings is 1. The van der Waals surface area contributed by atoms with E-state index in [1.165, 1.54) is 12.3 Å².